The molecule has 1 nitrogen and oxygen atoms in total. The number of hydrogen-bond donors (Lipinski definition) is 1. The van der Waals surface area contributed by atoms with Gasteiger partial charge < -0.3 is 5.32 Å². The van der Waals surface area contributed by atoms with Crippen LogP contribution in [0.25, 0.3) is 0 Å². The molecule has 0 bridgehead atoms. The van der Waals surface area contributed by atoms with Crippen molar-refractivity contribution in [2.45, 2.75) is 39.0 Å². The van der Waals surface area contributed by atoms with Crippen LogP contribution in [-0.2, 0) is 5.41 Å². The Morgan fingerprint density at radius 3 is 2.39 bits per heavy atom. The minimum absolute atomic E-state index is 0.343. The maximum atomic E-state index is 5.99. The van der Waals surface area contributed by atoms with Gasteiger partial charge in [-0.25, -0.2) is 0 Å². The van der Waals surface area contributed by atoms with Crippen molar-refractivity contribution < 1.29 is 0 Å². The zero-order valence-electron chi connectivity index (χ0n) is 11.7. The molecule has 2 rings (SSSR count). The molecule has 100 valence electrons. The molecule has 1 aromatic rings. The van der Waals surface area contributed by atoms with Gasteiger partial charge in [0, 0.05) is 17.0 Å². The number of halogens is 1. The third-order valence-electron chi connectivity index (χ3n) is 4.42. The van der Waals surface area contributed by atoms with E-state index in [-0.39, 0.29) is 0 Å². The van der Waals surface area contributed by atoms with Crippen LogP contribution in [-0.4, -0.2) is 13.1 Å². The molecule has 2 heteroatoms. The van der Waals surface area contributed by atoms with Gasteiger partial charge in [-0.2, -0.15) is 0 Å². The zero-order valence-corrected chi connectivity index (χ0v) is 12.4. The number of likely N-dealkylation sites (N-methyl/N-ethyl adjacent to an activating group) is 1. The second-order valence-corrected chi connectivity index (χ2v) is 6.42. The molecule has 1 saturated carbocycles. The van der Waals surface area contributed by atoms with Gasteiger partial charge in [0.2, 0.25) is 0 Å². The molecule has 0 heterocycles. The summed E-state index contributed by atoms with van der Waals surface area (Å²) in [5.41, 5.74) is 1.79. The van der Waals surface area contributed by atoms with Crippen LogP contribution in [0.4, 0.5) is 0 Å². The zero-order chi connectivity index (χ0) is 13.2. The number of benzene rings is 1. The summed E-state index contributed by atoms with van der Waals surface area (Å²) in [6.45, 7) is 8.98. The van der Waals surface area contributed by atoms with Gasteiger partial charge in [-0.15, -0.1) is 0 Å². The van der Waals surface area contributed by atoms with Crippen LogP contribution >= 0.6 is 11.6 Å². The Bertz CT molecular complexity index is 377. The Kier molecular flexibility index (Phi) is 4.34. The predicted octanol–water partition coefficient (Wildman–Crippen LogP) is 4.25. The topological polar surface area (TPSA) is 12.0 Å². The van der Waals surface area contributed by atoms with Crippen molar-refractivity contribution in [3.8, 4) is 0 Å². The van der Waals surface area contributed by atoms with Crippen LogP contribution in [0.3, 0.4) is 0 Å². The van der Waals surface area contributed by atoms with Gasteiger partial charge in [-0.3, -0.25) is 0 Å². The molecule has 1 fully saturated rings. The highest BCUT2D eigenvalue weighted by atomic mass is 35.5. The second kappa shape index (κ2) is 5.63. The maximum Gasteiger partial charge on any atom is 0.0406 e. The van der Waals surface area contributed by atoms with E-state index < -0.39 is 0 Å². The lowest BCUT2D eigenvalue weighted by molar-refractivity contribution is 0.0982. The Morgan fingerprint density at radius 1 is 1.28 bits per heavy atom. The van der Waals surface area contributed by atoms with Gasteiger partial charge in [0.1, 0.15) is 0 Å². The molecule has 0 aromatic heterocycles. The summed E-state index contributed by atoms with van der Waals surface area (Å²) in [6.07, 6.45) is 2.61. The normalized spacial score (nSPS) is 27.3. The van der Waals surface area contributed by atoms with Gasteiger partial charge in [0.15, 0.2) is 0 Å². The molecule has 1 aliphatic rings. The van der Waals surface area contributed by atoms with Crippen molar-refractivity contribution in [3.63, 3.8) is 0 Å². The minimum atomic E-state index is 0.343. The molecule has 0 radical (unpaired) electrons. The molecule has 0 unspecified atom stereocenters. The van der Waals surface area contributed by atoms with E-state index in [2.05, 4.69) is 38.2 Å². The Morgan fingerprint density at radius 2 is 1.89 bits per heavy atom. The molecule has 1 aromatic carbocycles. The van der Waals surface area contributed by atoms with E-state index >= 15 is 0 Å². The van der Waals surface area contributed by atoms with E-state index in [0.717, 1.165) is 29.9 Å². The predicted molar refractivity (Wildman–Crippen MR) is 79.2 cm³/mol. The van der Waals surface area contributed by atoms with Crippen LogP contribution in [0.15, 0.2) is 24.3 Å². The first-order valence-electron chi connectivity index (χ1n) is 7.04. The highest BCUT2D eigenvalue weighted by molar-refractivity contribution is 6.30. The van der Waals surface area contributed by atoms with Crippen LogP contribution < -0.4 is 5.32 Å². The Hall–Kier alpha value is -0.530. The quantitative estimate of drug-likeness (QED) is 0.839. The molecule has 0 saturated heterocycles. The first-order chi connectivity index (χ1) is 8.57. The second-order valence-electron chi connectivity index (χ2n) is 5.98. The van der Waals surface area contributed by atoms with E-state index in [0.29, 0.717) is 5.41 Å². The number of nitrogens with one attached hydrogen (secondary N) is 1. The number of hydrogen-bond acceptors (Lipinski definition) is 1. The van der Waals surface area contributed by atoms with Gasteiger partial charge in [0.25, 0.3) is 0 Å². The summed E-state index contributed by atoms with van der Waals surface area (Å²) in [5.74, 6) is 1.67. The average molecular weight is 266 g/mol. The van der Waals surface area contributed by atoms with Crippen LogP contribution in [0.1, 0.15) is 39.2 Å². The first kappa shape index (κ1) is 13.9. The summed E-state index contributed by atoms with van der Waals surface area (Å²) < 4.78 is 0. The van der Waals surface area contributed by atoms with E-state index in [9.17, 15) is 0 Å². The third kappa shape index (κ3) is 2.73. The van der Waals surface area contributed by atoms with Gasteiger partial charge >= 0.3 is 0 Å². The molecule has 0 atom stereocenters. The van der Waals surface area contributed by atoms with Crippen molar-refractivity contribution in [3.05, 3.63) is 34.9 Å². The minimum Gasteiger partial charge on any atom is -0.316 e. The Balaban J connectivity index is 2.14. The van der Waals surface area contributed by atoms with Crippen molar-refractivity contribution in [2.75, 3.05) is 13.1 Å². The van der Waals surface area contributed by atoms with Gasteiger partial charge in [-0.1, -0.05) is 44.5 Å². The van der Waals surface area contributed by atoms with Crippen LogP contribution in [0.2, 0.25) is 5.02 Å². The largest absolute Gasteiger partial charge is 0.316 e. The summed E-state index contributed by atoms with van der Waals surface area (Å²) >= 11 is 5.99. The molecule has 1 aliphatic carbocycles. The average Bonchev–Trinajstić information content (AvgIpc) is 2.29. The fraction of sp³-hybridized carbons (Fsp3) is 0.625. The van der Waals surface area contributed by atoms with Crippen molar-refractivity contribution in [1.82, 2.24) is 5.32 Å². The van der Waals surface area contributed by atoms with E-state index in [4.69, 9.17) is 11.6 Å². The van der Waals surface area contributed by atoms with E-state index in [1.807, 2.05) is 12.1 Å². The number of rotatable bonds is 5. The van der Waals surface area contributed by atoms with Crippen molar-refractivity contribution in [1.29, 1.82) is 0 Å². The summed E-state index contributed by atoms with van der Waals surface area (Å²) in [7, 11) is 0. The molecule has 1 N–H and O–H groups in total. The first-order valence-corrected chi connectivity index (χ1v) is 7.42. The van der Waals surface area contributed by atoms with Crippen LogP contribution in [0, 0.1) is 11.8 Å². The maximum absolute atomic E-state index is 5.99. The lowest BCUT2D eigenvalue weighted by atomic mass is 9.56. The highest BCUT2D eigenvalue weighted by Crippen LogP contribution is 2.50. The van der Waals surface area contributed by atoms with Gasteiger partial charge in [-0.05, 0) is 48.9 Å². The monoisotopic (exact) mass is 265 g/mol. The molecular weight excluding hydrogens is 242 g/mol. The molecule has 18 heavy (non-hydrogen) atoms. The standard InChI is InChI=1S/C16H24ClN/c1-4-18-11-16(9-13(10-16)12(2)3)14-5-7-15(17)8-6-14/h5-8,12-13,18H,4,9-11H2,1-3H3. The van der Waals surface area contributed by atoms with Gasteiger partial charge in [0.05, 0.1) is 0 Å². The fourth-order valence-electron chi connectivity index (χ4n) is 3.07. The molecular formula is C16H24ClN. The smallest absolute Gasteiger partial charge is 0.0406 e. The summed E-state index contributed by atoms with van der Waals surface area (Å²) in [6, 6.07) is 8.45. The molecule has 0 spiro atoms. The SMILES string of the molecule is CCNCC1(c2ccc(Cl)cc2)CC(C(C)C)C1. The molecule has 0 amide bonds. The lowest BCUT2D eigenvalue weighted by Gasteiger charge is -2.50. The lowest BCUT2D eigenvalue weighted by Crippen LogP contribution is -2.50. The van der Waals surface area contributed by atoms with Crippen LogP contribution in [0.5, 0.6) is 0 Å². The fourth-order valence-corrected chi connectivity index (χ4v) is 3.19. The third-order valence-corrected chi connectivity index (χ3v) is 4.67. The summed E-state index contributed by atoms with van der Waals surface area (Å²) in [4.78, 5) is 0. The van der Waals surface area contributed by atoms with Crippen molar-refractivity contribution >= 4 is 11.6 Å². The molecule has 0 aliphatic heterocycles. The summed E-state index contributed by atoms with van der Waals surface area (Å²) in [5, 5.41) is 4.36. The van der Waals surface area contributed by atoms with E-state index in [1.54, 1.807) is 0 Å². The van der Waals surface area contributed by atoms with Crippen molar-refractivity contribution in [2.24, 2.45) is 11.8 Å². The highest BCUT2D eigenvalue weighted by Gasteiger charge is 2.45. The van der Waals surface area contributed by atoms with E-state index in [1.165, 1.54) is 18.4 Å². The Labute approximate surface area is 116 Å².